The number of nitrogens with zero attached hydrogens (tertiary/aromatic N) is 3. The lowest BCUT2D eigenvalue weighted by molar-refractivity contribution is 0.605. The maximum Gasteiger partial charge on any atom is 0.247 e. The normalized spacial score (nSPS) is 14.8. The molecule has 6 heteroatoms. The number of sulfone groups is 1. The molecular formula is C9H8N3O2S. The number of aliphatic imine (C=N–C) groups is 1. The largest absolute Gasteiger partial charge is 0.260 e. The van der Waals surface area contributed by atoms with E-state index in [4.69, 9.17) is 0 Å². The van der Waals surface area contributed by atoms with Gasteiger partial charge in [-0.25, -0.2) is 18.7 Å². The first kappa shape index (κ1) is 9.85. The van der Waals surface area contributed by atoms with Gasteiger partial charge in [-0.1, -0.05) is 6.07 Å². The van der Waals surface area contributed by atoms with Crippen molar-refractivity contribution in [2.24, 2.45) is 4.99 Å². The van der Waals surface area contributed by atoms with Crippen LogP contribution in [0.25, 0.3) is 0 Å². The Hall–Kier alpha value is -1.69. The van der Waals surface area contributed by atoms with Crippen molar-refractivity contribution < 1.29 is 8.42 Å². The van der Waals surface area contributed by atoms with Gasteiger partial charge in [0.15, 0.2) is 0 Å². The summed E-state index contributed by atoms with van der Waals surface area (Å²) in [6.45, 7) is 0. The molecule has 1 aromatic rings. The van der Waals surface area contributed by atoms with Crippen LogP contribution in [-0.4, -0.2) is 18.6 Å². The van der Waals surface area contributed by atoms with Crippen LogP contribution in [0.3, 0.4) is 0 Å². The van der Waals surface area contributed by atoms with Crippen molar-refractivity contribution >= 4 is 15.0 Å². The van der Waals surface area contributed by atoms with Crippen LogP contribution >= 0.6 is 0 Å². The van der Waals surface area contributed by atoms with Crippen molar-refractivity contribution in [1.29, 1.82) is 0 Å². The van der Waals surface area contributed by atoms with Gasteiger partial charge < -0.3 is 0 Å². The van der Waals surface area contributed by atoms with Crippen molar-refractivity contribution in [3.05, 3.63) is 42.5 Å². The molecule has 0 bridgehead atoms. The Morgan fingerprint density at radius 3 is 2.67 bits per heavy atom. The van der Waals surface area contributed by atoms with Crippen molar-refractivity contribution in [2.45, 2.75) is 5.75 Å². The number of hydrogen-bond donors (Lipinski definition) is 0. The van der Waals surface area contributed by atoms with E-state index in [1.807, 2.05) is 0 Å². The van der Waals surface area contributed by atoms with Crippen molar-refractivity contribution in [3.63, 3.8) is 0 Å². The van der Waals surface area contributed by atoms with Crippen LogP contribution in [0.5, 0.6) is 0 Å². The van der Waals surface area contributed by atoms with Crippen LogP contribution in [0.15, 0.2) is 41.8 Å². The zero-order valence-electron chi connectivity index (χ0n) is 7.74. The van der Waals surface area contributed by atoms with Gasteiger partial charge in [0.05, 0.1) is 5.69 Å². The van der Waals surface area contributed by atoms with E-state index in [0.717, 1.165) is 0 Å². The average molecular weight is 222 g/mol. The van der Waals surface area contributed by atoms with E-state index in [2.05, 4.69) is 15.3 Å². The summed E-state index contributed by atoms with van der Waals surface area (Å²) in [7, 11) is -3.45. The Balaban J connectivity index is 2.19. The zero-order chi connectivity index (χ0) is 10.7. The molecule has 0 aliphatic carbocycles. The molecule has 0 unspecified atom stereocenters. The van der Waals surface area contributed by atoms with Crippen molar-refractivity contribution in [2.75, 3.05) is 0 Å². The van der Waals surface area contributed by atoms with Crippen molar-refractivity contribution in [1.82, 2.24) is 10.3 Å². The number of hydrogen-bond acceptors (Lipinski definition) is 4. The summed E-state index contributed by atoms with van der Waals surface area (Å²) < 4.78 is 23.4. The van der Waals surface area contributed by atoms with Crippen LogP contribution in [-0.2, 0) is 15.6 Å². The molecule has 0 amide bonds. The third kappa shape index (κ3) is 2.21. The molecule has 1 aliphatic rings. The van der Waals surface area contributed by atoms with Gasteiger partial charge in [-0.05, 0) is 12.1 Å². The van der Waals surface area contributed by atoms with E-state index in [9.17, 15) is 8.42 Å². The van der Waals surface area contributed by atoms with E-state index in [1.54, 1.807) is 24.4 Å². The van der Waals surface area contributed by atoms with E-state index in [-0.39, 0.29) is 10.9 Å². The Labute approximate surface area is 87.5 Å². The second-order valence-corrected chi connectivity index (χ2v) is 4.80. The Bertz CT molecular complexity index is 505. The fraction of sp³-hybridized carbons (Fsp3) is 0.111. The summed E-state index contributed by atoms with van der Waals surface area (Å²) in [6, 6.07) is 5.12. The standard InChI is InChI=1S/C9H8N3O2S/c13-15(14,9-11-5-6-12-9)7-8-3-1-2-4-10-8/h1-6H,7H2. The summed E-state index contributed by atoms with van der Waals surface area (Å²) in [5.41, 5.74) is 0.488. The Kier molecular flexibility index (Phi) is 2.51. The third-order valence-electron chi connectivity index (χ3n) is 1.78. The first-order valence-electron chi connectivity index (χ1n) is 4.25. The van der Waals surface area contributed by atoms with Crippen molar-refractivity contribution in [3.8, 4) is 0 Å². The Morgan fingerprint density at radius 2 is 2.07 bits per heavy atom. The number of amidine groups is 1. The highest BCUT2D eigenvalue weighted by atomic mass is 32.2. The molecule has 1 aliphatic heterocycles. The van der Waals surface area contributed by atoms with E-state index in [0.29, 0.717) is 5.69 Å². The SMILES string of the molecule is O=S(=O)(Cc1ccccn1)C1=NC=C[N]1. The minimum Gasteiger partial charge on any atom is -0.260 e. The maximum absolute atomic E-state index is 11.7. The molecule has 1 radical (unpaired) electrons. The fourth-order valence-electron chi connectivity index (χ4n) is 1.13. The molecule has 15 heavy (non-hydrogen) atoms. The van der Waals surface area contributed by atoms with E-state index in [1.165, 1.54) is 12.4 Å². The highest BCUT2D eigenvalue weighted by molar-refractivity contribution is 8.05. The molecule has 0 N–H and O–H groups in total. The molecule has 0 atom stereocenters. The van der Waals surface area contributed by atoms with Crippen LogP contribution in [0.1, 0.15) is 5.69 Å². The van der Waals surface area contributed by atoms with E-state index < -0.39 is 9.84 Å². The number of rotatable bonds is 2. The predicted molar refractivity (Wildman–Crippen MR) is 55.6 cm³/mol. The highest BCUT2D eigenvalue weighted by Crippen LogP contribution is 2.07. The van der Waals surface area contributed by atoms with Gasteiger partial charge in [-0.2, -0.15) is 0 Å². The minimum absolute atomic E-state index is 0.145. The molecule has 2 rings (SSSR count). The summed E-state index contributed by atoms with van der Waals surface area (Å²) in [6.07, 6.45) is 4.26. The molecule has 1 aromatic heterocycles. The lowest BCUT2D eigenvalue weighted by Gasteiger charge is -2.01. The summed E-state index contributed by atoms with van der Waals surface area (Å²) >= 11 is 0. The molecule has 0 saturated heterocycles. The fourth-order valence-corrected chi connectivity index (χ4v) is 2.26. The van der Waals surface area contributed by atoms with Gasteiger partial charge in [-0.3, -0.25) is 4.98 Å². The zero-order valence-corrected chi connectivity index (χ0v) is 8.55. The predicted octanol–water partition coefficient (Wildman–Crippen LogP) is 0.442. The van der Waals surface area contributed by atoms with Crippen LogP contribution in [0.2, 0.25) is 0 Å². The second-order valence-electron chi connectivity index (χ2n) is 2.92. The lowest BCUT2D eigenvalue weighted by atomic mass is 10.4. The molecule has 5 nitrogen and oxygen atoms in total. The number of pyridine rings is 1. The molecule has 0 fully saturated rings. The quantitative estimate of drug-likeness (QED) is 0.728. The van der Waals surface area contributed by atoms with Crippen LogP contribution in [0, 0.1) is 0 Å². The summed E-state index contributed by atoms with van der Waals surface area (Å²) in [5.74, 6) is -0.169. The number of aromatic nitrogens is 1. The minimum atomic E-state index is -3.45. The first-order chi connectivity index (χ1) is 7.18. The molecule has 2 heterocycles. The third-order valence-corrected chi connectivity index (χ3v) is 3.22. The van der Waals surface area contributed by atoms with Gasteiger partial charge in [0.25, 0.3) is 0 Å². The molecule has 77 valence electrons. The Morgan fingerprint density at radius 1 is 1.20 bits per heavy atom. The molecule has 0 spiro atoms. The van der Waals surface area contributed by atoms with E-state index >= 15 is 0 Å². The van der Waals surface area contributed by atoms with Gasteiger partial charge in [0, 0.05) is 18.6 Å². The van der Waals surface area contributed by atoms with Gasteiger partial charge in [0.1, 0.15) is 5.75 Å². The molecule has 0 saturated carbocycles. The van der Waals surface area contributed by atoms with Gasteiger partial charge in [0.2, 0.25) is 15.0 Å². The summed E-state index contributed by atoms with van der Waals surface area (Å²) in [5, 5.41) is 3.51. The average Bonchev–Trinajstić information content (AvgIpc) is 2.71. The second kappa shape index (κ2) is 3.82. The smallest absolute Gasteiger partial charge is 0.247 e. The first-order valence-corrected chi connectivity index (χ1v) is 5.90. The highest BCUT2D eigenvalue weighted by Gasteiger charge is 2.22. The van der Waals surface area contributed by atoms with Gasteiger partial charge in [-0.15, -0.1) is 0 Å². The van der Waals surface area contributed by atoms with Crippen LogP contribution in [0.4, 0.5) is 0 Å². The molecular weight excluding hydrogens is 214 g/mol. The van der Waals surface area contributed by atoms with Gasteiger partial charge >= 0.3 is 0 Å². The van der Waals surface area contributed by atoms with Crippen LogP contribution < -0.4 is 5.32 Å². The summed E-state index contributed by atoms with van der Waals surface area (Å²) in [4.78, 5) is 7.60. The topological polar surface area (TPSA) is 73.5 Å². The lowest BCUT2D eigenvalue weighted by Crippen LogP contribution is -2.22. The monoisotopic (exact) mass is 222 g/mol. The molecule has 0 aromatic carbocycles. The maximum atomic E-state index is 11.7.